The van der Waals surface area contributed by atoms with Gasteiger partial charge in [-0.15, -0.1) is 0 Å². The maximum Gasteiger partial charge on any atom is 0.310 e. The van der Waals surface area contributed by atoms with Crippen LogP contribution in [0.4, 0.5) is 5.69 Å². The highest BCUT2D eigenvalue weighted by Gasteiger charge is 2.55. The molecular weight excluding hydrogens is 332 g/mol. The van der Waals surface area contributed by atoms with Gasteiger partial charge in [0.1, 0.15) is 0 Å². The number of hydrogen-bond acceptors (Lipinski definition) is 4. The van der Waals surface area contributed by atoms with E-state index in [1.807, 2.05) is 36.4 Å². The third-order valence-electron chi connectivity index (χ3n) is 5.24. The van der Waals surface area contributed by atoms with Gasteiger partial charge < -0.3 is 15.2 Å². The molecule has 2 aliphatic rings. The van der Waals surface area contributed by atoms with Gasteiger partial charge in [0, 0.05) is 18.1 Å². The van der Waals surface area contributed by atoms with Crippen molar-refractivity contribution in [3.05, 3.63) is 59.9 Å². The molecule has 4 rings (SSSR count). The van der Waals surface area contributed by atoms with Gasteiger partial charge in [0.25, 0.3) is 0 Å². The minimum absolute atomic E-state index is 0.272. The van der Waals surface area contributed by atoms with E-state index in [2.05, 4.69) is 10.3 Å². The number of carbonyl (C=O) groups is 2. The second kappa shape index (κ2) is 6.88. The van der Waals surface area contributed by atoms with E-state index in [1.54, 1.807) is 12.4 Å². The average Bonchev–Trinajstić information content (AvgIpc) is 3.25. The topological polar surface area (TPSA) is 88.5 Å². The fourth-order valence-corrected chi connectivity index (χ4v) is 3.99. The van der Waals surface area contributed by atoms with Gasteiger partial charge in [-0.3, -0.25) is 14.6 Å². The number of amides is 1. The van der Waals surface area contributed by atoms with Gasteiger partial charge in [-0.25, -0.2) is 0 Å². The van der Waals surface area contributed by atoms with Gasteiger partial charge in [0.2, 0.25) is 5.91 Å². The van der Waals surface area contributed by atoms with Gasteiger partial charge in [0.05, 0.1) is 24.0 Å². The number of anilines is 1. The molecule has 26 heavy (non-hydrogen) atoms. The van der Waals surface area contributed by atoms with Crippen LogP contribution in [0.25, 0.3) is 0 Å². The van der Waals surface area contributed by atoms with E-state index < -0.39 is 17.8 Å². The molecule has 1 aromatic carbocycles. The number of hydrogen-bond donors (Lipinski definition) is 2. The fraction of sp³-hybridized carbons (Fsp3) is 0.350. The van der Waals surface area contributed by atoms with E-state index in [4.69, 9.17) is 4.74 Å². The second-order valence-electron chi connectivity index (χ2n) is 6.90. The lowest BCUT2D eigenvalue weighted by atomic mass is 9.78. The predicted octanol–water partition coefficient (Wildman–Crippen LogP) is 2.49. The molecule has 0 radical (unpaired) electrons. The summed E-state index contributed by atoms with van der Waals surface area (Å²) in [6.07, 6.45) is 5.16. The normalized spacial score (nSPS) is 26.6. The first-order valence-electron chi connectivity index (χ1n) is 8.79. The van der Waals surface area contributed by atoms with Crippen molar-refractivity contribution in [1.82, 2.24) is 4.98 Å². The van der Waals surface area contributed by atoms with Crippen LogP contribution in [0.3, 0.4) is 0 Å². The van der Waals surface area contributed by atoms with Crippen molar-refractivity contribution < 1.29 is 19.4 Å². The van der Waals surface area contributed by atoms with Gasteiger partial charge in [0.15, 0.2) is 0 Å². The van der Waals surface area contributed by atoms with Crippen molar-refractivity contribution in [1.29, 1.82) is 0 Å². The number of rotatable bonds is 5. The molecule has 6 nitrogen and oxygen atoms in total. The maximum absolute atomic E-state index is 12.6. The van der Waals surface area contributed by atoms with Crippen LogP contribution in [0, 0.1) is 11.8 Å². The molecule has 6 heteroatoms. The van der Waals surface area contributed by atoms with Crippen molar-refractivity contribution in [3.8, 4) is 0 Å². The summed E-state index contributed by atoms with van der Waals surface area (Å²) in [5.74, 6) is -2.60. The summed E-state index contributed by atoms with van der Waals surface area (Å²) in [6, 6.07) is 11.5. The molecule has 134 valence electrons. The molecule has 2 N–H and O–H groups in total. The number of ether oxygens (including phenoxy) is 1. The van der Waals surface area contributed by atoms with Crippen LogP contribution >= 0.6 is 0 Å². The van der Waals surface area contributed by atoms with Crippen LogP contribution in [-0.4, -0.2) is 34.2 Å². The smallest absolute Gasteiger partial charge is 0.310 e. The lowest BCUT2D eigenvalue weighted by Crippen LogP contribution is -2.40. The molecule has 1 aromatic heterocycles. The SMILES string of the molecule is O=C(O)[C@@H]1[C@H](C(=O)Nc2ccc(Cc3ccncc3)cc2)[C@@H]2CC[C@@H]1O2. The van der Waals surface area contributed by atoms with Gasteiger partial charge in [-0.2, -0.15) is 0 Å². The number of aromatic nitrogens is 1. The molecule has 3 heterocycles. The standard InChI is InChI=1S/C20H20N2O4/c23-19(17-15-5-6-16(26-15)18(17)20(24)25)22-14-3-1-12(2-4-14)11-13-7-9-21-10-8-13/h1-4,7-10,15-18H,5-6,11H2,(H,22,23)(H,24,25)/t15-,16-,17+,18-/m0/s1. The molecule has 0 unspecified atom stereocenters. The Morgan fingerprint density at radius 1 is 1.00 bits per heavy atom. The van der Waals surface area contributed by atoms with Crippen molar-refractivity contribution >= 4 is 17.6 Å². The van der Waals surface area contributed by atoms with E-state index >= 15 is 0 Å². The summed E-state index contributed by atoms with van der Waals surface area (Å²) >= 11 is 0. The lowest BCUT2D eigenvalue weighted by molar-refractivity contribution is -0.147. The molecule has 0 aliphatic carbocycles. The Morgan fingerprint density at radius 2 is 1.62 bits per heavy atom. The van der Waals surface area contributed by atoms with E-state index in [9.17, 15) is 14.7 Å². The molecule has 0 spiro atoms. The number of nitrogens with zero attached hydrogens (tertiary/aromatic N) is 1. The summed E-state index contributed by atoms with van der Waals surface area (Å²) in [5, 5.41) is 12.3. The second-order valence-corrected chi connectivity index (χ2v) is 6.90. The highest BCUT2D eigenvalue weighted by atomic mass is 16.5. The van der Waals surface area contributed by atoms with Crippen LogP contribution in [-0.2, 0) is 20.7 Å². The first-order valence-corrected chi connectivity index (χ1v) is 8.79. The molecule has 2 saturated heterocycles. The number of aliphatic carboxylic acids is 1. The molecular formula is C20H20N2O4. The van der Waals surface area contributed by atoms with E-state index in [0.717, 1.165) is 24.8 Å². The minimum atomic E-state index is -0.954. The number of nitrogens with one attached hydrogen (secondary N) is 1. The Bertz CT molecular complexity index is 806. The van der Waals surface area contributed by atoms with Gasteiger partial charge in [-0.1, -0.05) is 12.1 Å². The predicted molar refractivity (Wildman–Crippen MR) is 94.6 cm³/mol. The van der Waals surface area contributed by atoms with Crippen molar-refractivity contribution in [2.45, 2.75) is 31.5 Å². The average molecular weight is 352 g/mol. The van der Waals surface area contributed by atoms with E-state index in [-0.39, 0.29) is 18.1 Å². The highest BCUT2D eigenvalue weighted by molar-refractivity contribution is 5.96. The Labute approximate surface area is 151 Å². The van der Waals surface area contributed by atoms with Crippen LogP contribution in [0.1, 0.15) is 24.0 Å². The summed E-state index contributed by atoms with van der Waals surface area (Å²) < 4.78 is 5.66. The third-order valence-corrected chi connectivity index (χ3v) is 5.24. The molecule has 2 aliphatic heterocycles. The molecule has 2 fully saturated rings. The fourth-order valence-electron chi connectivity index (χ4n) is 3.99. The zero-order valence-electron chi connectivity index (χ0n) is 14.2. The Kier molecular flexibility index (Phi) is 4.42. The monoisotopic (exact) mass is 352 g/mol. The molecule has 2 aromatic rings. The summed E-state index contributed by atoms with van der Waals surface area (Å²) in [7, 11) is 0. The number of pyridine rings is 1. The van der Waals surface area contributed by atoms with Crippen molar-refractivity contribution in [3.63, 3.8) is 0 Å². The van der Waals surface area contributed by atoms with E-state index in [0.29, 0.717) is 5.69 Å². The van der Waals surface area contributed by atoms with Crippen LogP contribution < -0.4 is 5.32 Å². The maximum atomic E-state index is 12.6. The Morgan fingerprint density at radius 3 is 2.27 bits per heavy atom. The van der Waals surface area contributed by atoms with Gasteiger partial charge in [-0.05, 0) is 54.7 Å². The Balaban J connectivity index is 1.42. The molecule has 2 bridgehead atoms. The first-order chi connectivity index (χ1) is 12.6. The first kappa shape index (κ1) is 16.7. The Hall–Kier alpha value is -2.73. The molecule has 1 amide bonds. The molecule has 4 atom stereocenters. The number of benzene rings is 1. The number of carboxylic acid groups (broad SMARTS) is 1. The zero-order chi connectivity index (χ0) is 18.1. The summed E-state index contributed by atoms with van der Waals surface area (Å²) in [4.78, 5) is 28.2. The van der Waals surface area contributed by atoms with Crippen molar-refractivity contribution in [2.24, 2.45) is 11.8 Å². The van der Waals surface area contributed by atoms with E-state index in [1.165, 1.54) is 5.56 Å². The number of carbonyl (C=O) groups excluding carboxylic acids is 1. The largest absolute Gasteiger partial charge is 0.481 e. The summed E-state index contributed by atoms with van der Waals surface area (Å²) in [6.45, 7) is 0. The highest BCUT2D eigenvalue weighted by Crippen LogP contribution is 2.44. The minimum Gasteiger partial charge on any atom is -0.481 e. The van der Waals surface area contributed by atoms with Crippen LogP contribution in [0.5, 0.6) is 0 Å². The van der Waals surface area contributed by atoms with Gasteiger partial charge >= 0.3 is 5.97 Å². The number of fused-ring (bicyclic) bond motifs is 2. The van der Waals surface area contributed by atoms with Crippen molar-refractivity contribution in [2.75, 3.05) is 5.32 Å². The molecule has 0 saturated carbocycles. The van der Waals surface area contributed by atoms with Crippen LogP contribution in [0.15, 0.2) is 48.8 Å². The number of carboxylic acids is 1. The zero-order valence-corrected chi connectivity index (χ0v) is 14.2. The summed E-state index contributed by atoms with van der Waals surface area (Å²) in [5.41, 5.74) is 2.96. The lowest BCUT2D eigenvalue weighted by Gasteiger charge is -2.23. The quantitative estimate of drug-likeness (QED) is 0.863. The van der Waals surface area contributed by atoms with Crippen LogP contribution in [0.2, 0.25) is 0 Å². The third kappa shape index (κ3) is 3.20.